The van der Waals surface area contributed by atoms with Crippen LogP contribution in [0.4, 0.5) is 16.2 Å². The van der Waals surface area contributed by atoms with Gasteiger partial charge < -0.3 is 40.9 Å². The summed E-state index contributed by atoms with van der Waals surface area (Å²) in [7, 11) is -16.8. The minimum absolute atomic E-state index is 0.0101. The molecule has 4 unspecified atom stereocenters. The first-order chi connectivity index (χ1) is 15.5. The lowest BCUT2D eigenvalue weighted by Gasteiger charge is -2.26. The van der Waals surface area contributed by atoms with E-state index in [0.29, 0.717) is 0 Å². The van der Waals surface area contributed by atoms with Gasteiger partial charge in [0.25, 0.3) is 0 Å². The lowest BCUT2D eigenvalue weighted by atomic mass is 9.88. The van der Waals surface area contributed by atoms with Crippen molar-refractivity contribution in [3.8, 4) is 0 Å². The molecule has 0 bridgehead atoms. The van der Waals surface area contributed by atoms with Crippen LogP contribution in [0.5, 0.6) is 0 Å². The number of alkyl halides is 1. The Labute approximate surface area is 189 Å². The first kappa shape index (κ1) is 27.0. The molecule has 192 valence electrons. The Morgan fingerprint density at radius 3 is 2.41 bits per heavy atom. The Morgan fingerprint density at radius 2 is 1.82 bits per heavy atom. The maximum Gasteiger partial charge on any atom is 0.490 e. The number of rotatable bonds is 9. The van der Waals surface area contributed by atoms with Gasteiger partial charge in [0.05, 0.1) is 25.6 Å². The molecule has 0 aromatic carbocycles. The van der Waals surface area contributed by atoms with Crippen LogP contribution in [-0.2, 0) is 31.6 Å². The quantitative estimate of drug-likeness (QED) is 0.194. The number of aliphatic hydroxyl groups excluding tert-OH is 1. The number of nitrogen functional groups attached to an aromatic ring is 2. The van der Waals surface area contributed by atoms with Gasteiger partial charge in [0, 0.05) is 5.92 Å². The fourth-order valence-electron chi connectivity index (χ4n) is 3.33. The molecule has 1 fully saturated rings. The van der Waals surface area contributed by atoms with Gasteiger partial charge >= 0.3 is 23.5 Å². The molecule has 1 aliphatic heterocycles. The molecule has 0 spiro atoms. The van der Waals surface area contributed by atoms with Gasteiger partial charge in [-0.2, -0.15) is 18.6 Å². The number of aromatic nitrogens is 4. The largest absolute Gasteiger partial charge is 0.490 e. The maximum atomic E-state index is 15.7. The van der Waals surface area contributed by atoms with Gasteiger partial charge in [0.2, 0.25) is 5.95 Å². The first-order valence-corrected chi connectivity index (χ1v) is 13.5. The predicted molar refractivity (Wildman–Crippen MR) is 108 cm³/mol. The summed E-state index contributed by atoms with van der Waals surface area (Å²) in [6.07, 6.45) is -1.85. The SMILES string of the molecule is CC1(F)C(CO)[C@@H](COP(=O)(O)OP(=O)(O)OP(=O)(O)O)O[C@H]1n1cnc2c(N)nc(N)nc21. The van der Waals surface area contributed by atoms with Crippen LogP contribution in [0.1, 0.15) is 13.2 Å². The van der Waals surface area contributed by atoms with E-state index in [4.69, 9.17) is 26.0 Å². The summed E-state index contributed by atoms with van der Waals surface area (Å²) >= 11 is 0. The standard InChI is InChI=1S/C12H20FN6O12P3/c1-12(13)5(2-20)6(3-28-33(24,25)31-34(26,27)30-32(21,22)23)29-10(12)19-4-16-7-8(14)17-11(15)18-9(7)19/h4-6,10,20H,2-3H2,1H3,(H,24,25)(H,26,27)(H2,21,22,23)(H4,14,15,17,18)/t5?,6-,10-,12?/m1/s1. The van der Waals surface area contributed by atoms with E-state index in [0.717, 1.165) is 17.8 Å². The average molecular weight is 552 g/mol. The van der Waals surface area contributed by atoms with E-state index in [9.17, 15) is 28.6 Å². The number of anilines is 2. The van der Waals surface area contributed by atoms with Crippen molar-refractivity contribution in [2.45, 2.75) is 24.9 Å². The van der Waals surface area contributed by atoms with Gasteiger partial charge in [0.15, 0.2) is 23.4 Å². The van der Waals surface area contributed by atoms with Crippen LogP contribution in [0.15, 0.2) is 6.33 Å². The van der Waals surface area contributed by atoms with Crippen LogP contribution in [0.2, 0.25) is 0 Å². The third-order valence-corrected chi connectivity index (χ3v) is 8.50. The second kappa shape index (κ2) is 9.13. The third kappa shape index (κ3) is 5.79. The van der Waals surface area contributed by atoms with Crippen LogP contribution < -0.4 is 11.5 Å². The summed E-state index contributed by atoms with van der Waals surface area (Å²) in [5.74, 6) is -1.71. The number of hydrogen-bond donors (Lipinski definition) is 7. The Bertz CT molecular complexity index is 1220. The fraction of sp³-hybridized carbons (Fsp3) is 0.583. The molecule has 6 atom stereocenters. The highest BCUT2D eigenvalue weighted by atomic mass is 31.3. The second-order valence-electron chi connectivity index (χ2n) is 7.15. The number of phosphoric acid groups is 3. The number of nitrogens with zero attached hydrogens (tertiary/aromatic N) is 4. The normalized spacial score (nSPS) is 29.2. The van der Waals surface area contributed by atoms with Gasteiger partial charge in [-0.05, 0) is 6.92 Å². The number of aliphatic hydroxyl groups is 1. The highest BCUT2D eigenvalue weighted by molar-refractivity contribution is 7.66. The Morgan fingerprint density at radius 1 is 1.18 bits per heavy atom. The zero-order chi connectivity index (χ0) is 25.7. The van der Waals surface area contributed by atoms with Crippen molar-refractivity contribution in [1.82, 2.24) is 19.5 Å². The zero-order valence-electron chi connectivity index (χ0n) is 17.0. The smallest absolute Gasteiger partial charge is 0.396 e. The van der Waals surface area contributed by atoms with Crippen molar-refractivity contribution in [2.24, 2.45) is 5.92 Å². The molecule has 0 aliphatic carbocycles. The van der Waals surface area contributed by atoms with Crippen LogP contribution in [0, 0.1) is 5.92 Å². The second-order valence-corrected chi connectivity index (χ2v) is 11.6. The summed E-state index contributed by atoms with van der Waals surface area (Å²) < 4.78 is 68.2. The molecule has 0 saturated carbocycles. The summed E-state index contributed by atoms with van der Waals surface area (Å²) in [5.41, 5.74) is 9.00. The lowest BCUT2D eigenvalue weighted by Crippen LogP contribution is -2.38. The van der Waals surface area contributed by atoms with Crippen LogP contribution >= 0.6 is 23.5 Å². The van der Waals surface area contributed by atoms with Crippen LogP contribution in [-0.4, -0.2) is 69.2 Å². The van der Waals surface area contributed by atoms with E-state index >= 15 is 4.39 Å². The molecule has 9 N–H and O–H groups in total. The minimum Gasteiger partial charge on any atom is -0.396 e. The Kier molecular flexibility index (Phi) is 7.25. The maximum absolute atomic E-state index is 15.7. The fourth-order valence-corrected chi connectivity index (χ4v) is 6.36. The summed E-state index contributed by atoms with van der Waals surface area (Å²) in [6, 6.07) is 0. The number of halogens is 1. The van der Waals surface area contributed by atoms with Crippen molar-refractivity contribution < 1.29 is 60.6 Å². The highest BCUT2D eigenvalue weighted by Crippen LogP contribution is 2.66. The molecule has 22 heteroatoms. The van der Waals surface area contributed by atoms with E-state index in [-0.39, 0.29) is 22.9 Å². The van der Waals surface area contributed by atoms with E-state index < -0.39 is 60.6 Å². The number of nitrogens with two attached hydrogens (primary N) is 2. The summed E-state index contributed by atoms with van der Waals surface area (Å²) in [6.45, 7) is -0.750. The lowest BCUT2D eigenvalue weighted by molar-refractivity contribution is -0.0559. The molecular formula is C12H20FN6O12P3. The van der Waals surface area contributed by atoms with Crippen molar-refractivity contribution in [3.63, 3.8) is 0 Å². The minimum atomic E-state index is -5.75. The van der Waals surface area contributed by atoms with Gasteiger partial charge in [-0.25, -0.2) is 23.1 Å². The number of phosphoric ester groups is 1. The third-order valence-electron chi connectivity index (χ3n) is 4.69. The molecule has 3 heterocycles. The molecule has 0 radical (unpaired) electrons. The molecule has 2 aromatic heterocycles. The monoisotopic (exact) mass is 552 g/mol. The summed E-state index contributed by atoms with van der Waals surface area (Å²) in [4.78, 5) is 47.6. The molecule has 34 heavy (non-hydrogen) atoms. The Balaban J connectivity index is 1.81. The number of imidazole rings is 1. The molecular weight excluding hydrogens is 532 g/mol. The number of ether oxygens (including phenoxy) is 1. The van der Waals surface area contributed by atoms with Crippen molar-refractivity contribution in [3.05, 3.63) is 6.33 Å². The van der Waals surface area contributed by atoms with Crippen molar-refractivity contribution in [2.75, 3.05) is 24.7 Å². The predicted octanol–water partition coefficient (Wildman–Crippen LogP) is -0.432. The van der Waals surface area contributed by atoms with Crippen LogP contribution in [0.3, 0.4) is 0 Å². The van der Waals surface area contributed by atoms with Gasteiger partial charge in [0.1, 0.15) is 5.52 Å². The van der Waals surface area contributed by atoms with E-state index in [2.05, 4.69) is 28.1 Å². The highest BCUT2D eigenvalue weighted by Gasteiger charge is 2.56. The topological polar surface area (TPSA) is 285 Å². The molecule has 3 rings (SSSR count). The molecule has 2 aromatic rings. The molecule has 0 amide bonds. The van der Waals surface area contributed by atoms with E-state index in [1.807, 2.05) is 0 Å². The van der Waals surface area contributed by atoms with Gasteiger partial charge in [-0.15, -0.1) is 0 Å². The summed E-state index contributed by atoms with van der Waals surface area (Å²) in [5, 5.41) is 9.71. The number of fused-ring (bicyclic) bond motifs is 1. The van der Waals surface area contributed by atoms with E-state index in [1.165, 1.54) is 0 Å². The van der Waals surface area contributed by atoms with E-state index in [1.54, 1.807) is 0 Å². The average Bonchev–Trinajstić information content (AvgIpc) is 3.14. The first-order valence-electron chi connectivity index (χ1n) is 8.95. The zero-order valence-corrected chi connectivity index (χ0v) is 19.7. The number of hydrogen-bond acceptors (Lipinski definition) is 13. The van der Waals surface area contributed by atoms with Gasteiger partial charge in [-0.3, -0.25) is 9.09 Å². The molecule has 1 saturated heterocycles. The van der Waals surface area contributed by atoms with Crippen molar-refractivity contribution >= 4 is 46.4 Å². The van der Waals surface area contributed by atoms with Gasteiger partial charge in [-0.1, -0.05) is 0 Å². The van der Waals surface area contributed by atoms with Crippen molar-refractivity contribution in [1.29, 1.82) is 0 Å². The molecule has 18 nitrogen and oxygen atoms in total. The Hall–Kier alpha value is -1.59. The molecule has 1 aliphatic rings. The van der Waals surface area contributed by atoms with Crippen LogP contribution in [0.25, 0.3) is 11.2 Å².